The summed E-state index contributed by atoms with van der Waals surface area (Å²) in [6.45, 7) is 9.53. The molecule has 0 bridgehead atoms. The van der Waals surface area contributed by atoms with Gasteiger partial charge in [0.2, 0.25) is 0 Å². The largest absolute Gasteiger partial charge is 0 e. The summed E-state index contributed by atoms with van der Waals surface area (Å²) in [5.74, 6) is 0. The van der Waals surface area contributed by atoms with Crippen LogP contribution in [0.1, 0.15) is 64.5 Å². The maximum atomic E-state index is 9.87. The van der Waals surface area contributed by atoms with Gasteiger partial charge in [0.25, 0.3) is 0 Å². The molecule has 0 heterocycles. The van der Waals surface area contributed by atoms with Gasteiger partial charge in [-0.25, -0.2) is 0 Å². The zero-order chi connectivity index (χ0) is 26.2. The number of hydrogen-bond acceptors (Lipinski definition) is 1. The second kappa shape index (κ2) is 13.2. The van der Waals surface area contributed by atoms with Crippen molar-refractivity contribution >= 4 is 21.0 Å². The third-order valence-electron chi connectivity index (χ3n) is 5.15. The molecular weight excluding hydrogens is 682 g/mol. The Balaban J connectivity index is 0.000000599. The fourth-order valence-corrected chi connectivity index (χ4v) is 7.25. The Hall–Kier alpha value is -0.671. The monoisotopic (exact) mass is 721 g/mol. The van der Waals surface area contributed by atoms with Gasteiger partial charge >= 0.3 is 33.0 Å². The van der Waals surface area contributed by atoms with Crippen LogP contribution in [-0.2, 0) is 26.5 Å². The summed E-state index contributed by atoms with van der Waals surface area (Å²) >= 11 is 0. The fraction of sp³-hybridized carbons (Fsp3) is 0.520. The number of hydrogen-bond donors (Lipinski definition) is 0. The summed E-state index contributed by atoms with van der Waals surface area (Å²) in [4.78, 5) is 2.33. The van der Waals surface area contributed by atoms with Crippen LogP contribution in [-0.4, -0.2) is 30.3 Å². The van der Waals surface area contributed by atoms with Crippen LogP contribution in [0.2, 0.25) is 0 Å². The Labute approximate surface area is 221 Å². The average molecular weight is 721 g/mol. The van der Waals surface area contributed by atoms with Crippen molar-refractivity contribution in [3.8, 4) is 0 Å². The first-order chi connectivity index (χ1) is 15.4. The minimum Gasteiger partial charge on any atom is 0 e. The number of nitrogens with zero attached hydrogens (tertiary/aromatic N) is 1. The first-order valence-electron chi connectivity index (χ1n) is 11.5. The summed E-state index contributed by atoms with van der Waals surface area (Å²) in [7, 11) is -6.38. The van der Waals surface area contributed by atoms with Gasteiger partial charge in [-0.15, -0.1) is 0 Å². The van der Waals surface area contributed by atoms with Crippen LogP contribution < -0.4 is 0 Å². The van der Waals surface area contributed by atoms with Gasteiger partial charge in [0, 0.05) is 51.6 Å². The van der Waals surface area contributed by atoms with E-state index in [1.165, 1.54) is 42.5 Å². The van der Waals surface area contributed by atoms with E-state index in [1.54, 1.807) is 5.31 Å². The molecule has 0 spiro atoms. The molecule has 1 radical (unpaired) electrons. The van der Waals surface area contributed by atoms with Crippen LogP contribution in [0.5, 0.6) is 0 Å². The van der Waals surface area contributed by atoms with Gasteiger partial charge in [-0.2, -0.15) is 0 Å². The molecule has 1 aromatic carbocycles. The quantitative estimate of drug-likeness (QED) is 0.170. The van der Waals surface area contributed by atoms with Gasteiger partial charge in [0.15, 0.2) is 0 Å². The zero-order valence-corrected chi connectivity index (χ0v) is 25.4. The van der Waals surface area contributed by atoms with E-state index in [2.05, 4.69) is 95.3 Å². The zero-order valence-electron chi connectivity index (χ0n) is 21.3. The van der Waals surface area contributed by atoms with Gasteiger partial charge in [0.1, 0.15) is 0 Å². The number of likely N-dealkylation sites (N-methyl/N-ethyl adjacent to an activating group) is 1. The molecule has 0 N–H and O–H groups in total. The third-order valence-corrected chi connectivity index (χ3v) is 8.39. The van der Waals surface area contributed by atoms with Crippen molar-refractivity contribution in [2.75, 3.05) is 14.1 Å². The summed E-state index contributed by atoms with van der Waals surface area (Å²) in [5, 5.41) is 1.65. The molecule has 10 heteroatoms. The van der Waals surface area contributed by atoms with E-state index in [0.29, 0.717) is 0 Å². The molecule has 205 valence electrons. The molecule has 2 aliphatic rings. The second-order valence-electron chi connectivity index (χ2n) is 9.17. The van der Waals surface area contributed by atoms with Crippen LogP contribution in [0, 0.1) is 0 Å². The van der Waals surface area contributed by atoms with Crippen LogP contribution in [0.15, 0.2) is 54.3 Å². The van der Waals surface area contributed by atoms with Crippen molar-refractivity contribution < 1.29 is 45.3 Å². The van der Waals surface area contributed by atoms with Crippen LogP contribution in [0.3, 0.4) is 0 Å². The van der Waals surface area contributed by atoms with Gasteiger partial charge in [-0.1, -0.05) is 84.2 Å². The Bertz CT molecular complexity index is 846. The van der Waals surface area contributed by atoms with Crippen LogP contribution in [0.25, 0.3) is 5.31 Å². The Morgan fingerprint density at radius 3 is 1.46 bits per heavy atom. The molecule has 0 saturated carbocycles. The first-order valence-corrected chi connectivity index (χ1v) is 15.0. The van der Waals surface area contributed by atoms with E-state index in [4.69, 9.17) is 0 Å². The smallest absolute Gasteiger partial charge is 0 e. The van der Waals surface area contributed by atoms with Crippen molar-refractivity contribution in [3.05, 3.63) is 65.4 Å². The van der Waals surface area contributed by atoms with Gasteiger partial charge in [-0.3, -0.25) is 0 Å². The van der Waals surface area contributed by atoms with E-state index in [1.807, 2.05) is 0 Å². The number of fused-ring (bicyclic) bond motifs is 1. The van der Waals surface area contributed by atoms with E-state index >= 15 is 0 Å². The van der Waals surface area contributed by atoms with Crippen LogP contribution >= 0.6 is 15.7 Å². The summed E-state index contributed by atoms with van der Waals surface area (Å²) < 4.78 is 59.2. The van der Waals surface area contributed by atoms with Crippen LogP contribution in [0.4, 0.5) is 25.2 Å². The standard InChI is InChI=1S/C17H26NP.C8H12.F6P.Ir/c1-12(2)19(13(3)4)17-15-10-8-7-9-14(15)11-16(17)18(5)6;1-2-4-6-8-7-5-3-1;1-7(2,3,4,5)6;/h7-10,12-13H,11H2,1-6H3;1-2,7-8H,3-6H2;;/q;;-1;/b;2-1-,8-7-;;. The van der Waals surface area contributed by atoms with Gasteiger partial charge < -0.3 is 4.90 Å². The minimum atomic E-state index is -10.7. The van der Waals surface area contributed by atoms with E-state index in [9.17, 15) is 25.2 Å². The Morgan fingerprint density at radius 2 is 1.11 bits per heavy atom. The number of halogens is 6. The summed E-state index contributed by atoms with van der Waals surface area (Å²) in [6.07, 6.45) is 15.1. The van der Waals surface area contributed by atoms with Crippen molar-refractivity contribution in [2.24, 2.45) is 0 Å². The number of benzene rings is 1. The molecular formula is C25H38F6IrNP2-. The maximum absolute atomic E-state index is 10.7. The molecule has 0 fully saturated rings. The molecule has 2 aliphatic carbocycles. The maximum Gasteiger partial charge on any atom is 0 e. The normalized spacial score (nSPS) is 19.1. The van der Waals surface area contributed by atoms with Crippen molar-refractivity contribution in [1.29, 1.82) is 0 Å². The molecule has 1 aromatic rings. The molecule has 0 unspecified atom stereocenters. The number of rotatable bonds is 4. The fourth-order valence-electron chi connectivity index (χ4n) is 3.95. The first kappa shape index (κ1) is 34.3. The molecule has 35 heavy (non-hydrogen) atoms. The topological polar surface area (TPSA) is 3.24 Å². The Morgan fingerprint density at radius 1 is 0.743 bits per heavy atom. The minimum absolute atomic E-state index is 0. The van der Waals surface area contributed by atoms with Crippen molar-refractivity contribution in [1.82, 2.24) is 4.90 Å². The second-order valence-corrected chi connectivity index (χ2v) is 14.4. The summed E-state index contributed by atoms with van der Waals surface area (Å²) in [6, 6.07) is 8.97. The van der Waals surface area contributed by atoms with Crippen molar-refractivity contribution in [2.45, 2.75) is 71.1 Å². The van der Waals surface area contributed by atoms with E-state index < -0.39 is 7.81 Å². The summed E-state index contributed by atoms with van der Waals surface area (Å²) in [5.41, 5.74) is 6.04. The third kappa shape index (κ3) is 15.2. The molecule has 0 aliphatic heterocycles. The molecule has 3 rings (SSSR count). The van der Waals surface area contributed by atoms with Gasteiger partial charge in [-0.05, 0) is 48.1 Å². The van der Waals surface area contributed by atoms with E-state index in [-0.39, 0.29) is 28.0 Å². The Kier molecular flexibility index (Phi) is 13.0. The average Bonchev–Trinajstić information content (AvgIpc) is 2.98. The van der Waals surface area contributed by atoms with Gasteiger partial charge in [0.05, 0.1) is 0 Å². The molecule has 0 aromatic heterocycles. The SMILES string of the molecule is C1=C\CC/C=C\CC/1.CC(C)P(C1=C(N(C)C)Cc2ccccc21)C(C)C.F[P-](F)(F)(F)(F)F.[Ir]. The molecule has 0 atom stereocenters. The van der Waals surface area contributed by atoms with E-state index in [0.717, 1.165) is 17.7 Å². The predicted molar refractivity (Wildman–Crippen MR) is 138 cm³/mol. The molecule has 1 nitrogen and oxygen atoms in total. The molecule has 0 amide bonds. The predicted octanol–water partition coefficient (Wildman–Crippen LogP) is 10.8. The van der Waals surface area contributed by atoms with Crippen molar-refractivity contribution in [3.63, 3.8) is 0 Å². The number of allylic oxidation sites excluding steroid dienone is 5. The molecule has 0 saturated heterocycles.